The first-order valence-electron chi connectivity index (χ1n) is 4.54. The first-order chi connectivity index (χ1) is 7.37. The maximum atomic E-state index is 10.3. The van der Waals surface area contributed by atoms with Gasteiger partial charge >= 0.3 is 12.1 Å². The molecule has 0 saturated carbocycles. The molecule has 3 N–H and O–H groups in total. The summed E-state index contributed by atoms with van der Waals surface area (Å²) in [6.07, 6.45) is 1.37. The number of nitrogens with one attached hydrogen (secondary N) is 1. The minimum Gasteiger partial charge on any atom is -0.465 e. The number of anilines is 1. The zero-order chi connectivity index (χ0) is 12.2. The molecule has 0 saturated heterocycles. The number of aromatic nitrogens is 2. The molecule has 1 aromatic rings. The third kappa shape index (κ3) is 4.56. The summed E-state index contributed by atoms with van der Waals surface area (Å²) >= 11 is 0. The first-order valence-corrected chi connectivity index (χ1v) is 4.54. The molecule has 16 heavy (non-hydrogen) atoms. The van der Waals surface area contributed by atoms with Crippen molar-refractivity contribution in [2.24, 2.45) is 0 Å². The quantitative estimate of drug-likeness (QED) is 0.699. The molecule has 0 aliphatic rings. The summed E-state index contributed by atoms with van der Waals surface area (Å²) in [4.78, 5) is 17.8. The van der Waals surface area contributed by atoms with Gasteiger partial charge in [-0.05, 0) is 13.8 Å². The third-order valence-corrected chi connectivity index (χ3v) is 1.43. The fourth-order valence-electron chi connectivity index (χ4n) is 0.820. The van der Waals surface area contributed by atoms with Crippen LogP contribution in [0.25, 0.3) is 0 Å². The van der Waals surface area contributed by atoms with Gasteiger partial charge in [0.25, 0.3) is 0 Å². The number of rotatable bonds is 4. The second kappa shape index (κ2) is 4.75. The summed E-state index contributed by atoms with van der Waals surface area (Å²) in [6, 6.07) is 0.0815. The van der Waals surface area contributed by atoms with E-state index in [1.54, 1.807) is 13.8 Å². The second-order valence-electron chi connectivity index (χ2n) is 3.79. The molecule has 88 valence electrons. The molecule has 1 rings (SSSR count). The van der Waals surface area contributed by atoms with Crippen LogP contribution in [0.2, 0.25) is 0 Å². The Balaban J connectivity index is 2.55. The molecule has 7 heteroatoms. The number of carboxylic acid groups (broad SMARTS) is 1. The Labute approximate surface area is 92.1 Å². The van der Waals surface area contributed by atoms with E-state index in [0.717, 1.165) is 0 Å². The molecular formula is C9H13N3O4. The van der Waals surface area contributed by atoms with Crippen LogP contribution in [0.3, 0.4) is 0 Å². The minimum absolute atomic E-state index is 0.0543. The van der Waals surface area contributed by atoms with Gasteiger partial charge < -0.3 is 14.9 Å². The largest absolute Gasteiger partial charge is 0.465 e. The van der Waals surface area contributed by atoms with E-state index in [0.29, 0.717) is 0 Å². The molecule has 7 nitrogen and oxygen atoms in total. The van der Waals surface area contributed by atoms with Crippen LogP contribution in [0, 0.1) is 0 Å². The lowest BCUT2D eigenvalue weighted by Crippen LogP contribution is -2.28. The van der Waals surface area contributed by atoms with Gasteiger partial charge in [0.05, 0.1) is 23.7 Å². The van der Waals surface area contributed by atoms with Gasteiger partial charge in [-0.15, -0.1) is 0 Å². The van der Waals surface area contributed by atoms with Crippen LogP contribution in [0.1, 0.15) is 13.8 Å². The summed E-state index contributed by atoms with van der Waals surface area (Å²) in [5.41, 5.74) is -0.718. The van der Waals surface area contributed by atoms with Gasteiger partial charge in [-0.1, -0.05) is 0 Å². The predicted octanol–water partition coefficient (Wildman–Crippen LogP) is 0.716. The van der Waals surface area contributed by atoms with Gasteiger partial charge in [-0.2, -0.15) is 0 Å². The number of carbonyl (C=O) groups is 1. The summed E-state index contributed by atoms with van der Waals surface area (Å²) < 4.78 is 5.08. The van der Waals surface area contributed by atoms with Gasteiger partial charge in [0, 0.05) is 0 Å². The lowest BCUT2D eigenvalue weighted by molar-refractivity contribution is 0.0250. The average molecular weight is 227 g/mol. The Morgan fingerprint density at radius 3 is 2.50 bits per heavy atom. The van der Waals surface area contributed by atoms with Crippen LogP contribution in [0.5, 0.6) is 6.01 Å². The van der Waals surface area contributed by atoms with Crippen molar-refractivity contribution in [1.82, 2.24) is 9.97 Å². The van der Waals surface area contributed by atoms with E-state index in [1.807, 2.05) is 0 Å². The van der Waals surface area contributed by atoms with Crippen molar-refractivity contribution in [3.63, 3.8) is 0 Å². The predicted molar refractivity (Wildman–Crippen MR) is 55.5 cm³/mol. The van der Waals surface area contributed by atoms with Crippen molar-refractivity contribution in [3.05, 3.63) is 12.4 Å². The smallest absolute Gasteiger partial charge is 0.409 e. The highest BCUT2D eigenvalue weighted by molar-refractivity contribution is 5.82. The van der Waals surface area contributed by atoms with Gasteiger partial charge in [0.15, 0.2) is 0 Å². The first kappa shape index (κ1) is 12.2. The van der Waals surface area contributed by atoms with E-state index in [2.05, 4.69) is 15.3 Å². The van der Waals surface area contributed by atoms with Crippen LogP contribution in [-0.4, -0.2) is 38.5 Å². The minimum atomic E-state index is -1.19. The molecular weight excluding hydrogens is 214 g/mol. The van der Waals surface area contributed by atoms with Crippen LogP contribution in [0.15, 0.2) is 12.4 Å². The summed E-state index contributed by atoms with van der Waals surface area (Å²) in [6.45, 7) is 3.24. The van der Waals surface area contributed by atoms with E-state index >= 15 is 0 Å². The Kier molecular flexibility index (Phi) is 3.62. The van der Waals surface area contributed by atoms with E-state index in [9.17, 15) is 9.90 Å². The standard InChI is InChI=1S/C9H13N3O4/c1-9(2,15)5-16-7-10-3-6(4-11-7)12-8(13)14/h3-4,12,15H,5H2,1-2H3,(H,13,14). The molecule has 0 aromatic carbocycles. The SMILES string of the molecule is CC(C)(O)COc1ncc(NC(=O)O)cn1. The number of ether oxygens (including phenoxy) is 1. The van der Waals surface area contributed by atoms with Crippen LogP contribution in [-0.2, 0) is 0 Å². The van der Waals surface area contributed by atoms with E-state index < -0.39 is 11.7 Å². The van der Waals surface area contributed by atoms with E-state index in [4.69, 9.17) is 9.84 Å². The Morgan fingerprint density at radius 1 is 1.50 bits per heavy atom. The Morgan fingerprint density at radius 2 is 2.06 bits per heavy atom. The Hall–Kier alpha value is -1.89. The van der Waals surface area contributed by atoms with Gasteiger partial charge in [0.1, 0.15) is 6.61 Å². The van der Waals surface area contributed by atoms with Crippen LogP contribution < -0.4 is 10.1 Å². The van der Waals surface area contributed by atoms with Crippen molar-refractivity contribution < 1.29 is 19.7 Å². The van der Waals surface area contributed by atoms with Crippen molar-refractivity contribution >= 4 is 11.8 Å². The van der Waals surface area contributed by atoms with Crippen molar-refractivity contribution in [1.29, 1.82) is 0 Å². The molecule has 0 radical (unpaired) electrons. The van der Waals surface area contributed by atoms with E-state index in [1.165, 1.54) is 12.4 Å². The average Bonchev–Trinajstić information content (AvgIpc) is 2.14. The van der Waals surface area contributed by atoms with Crippen molar-refractivity contribution in [3.8, 4) is 6.01 Å². The molecule has 0 aliphatic heterocycles. The fourth-order valence-corrected chi connectivity index (χ4v) is 0.820. The number of hydrogen-bond acceptors (Lipinski definition) is 5. The highest BCUT2D eigenvalue weighted by Crippen LogP contribution is 2.09. The molecule has 0 fully saturated rings. The molecule has 1 aromatic heterocycles. The zero-order valence-corrected chi connectivity index (χ0v) is 8.97. The molecule has 1 heterocycles. The monoisotopic (exact) mass is 227 g/mol. The molecule has 0 atom stereocenters. The lowest BCUT2D eigenvalue weighted by Gasteiger charge is -2.16. The number of nitrogens with zero attached hydrogens (tertiary/aromatic N) is 2. The Bertz CT molecular complexity index is 358. The summed E-state index contributed by atoms with van der Waals surface area (Å²) in [7, 11) is 0. The van der Waals surface area contributed by atoms with Crippen molar-refractivity contribution in [2.45, 2.75) is 19.4 Å². The second-order valence-corrected chi connectivity index (χ2v) is 3.79. The lowest BCUT2D eigenvalue weighted by atomic mass is 10.2. The highest BCUT2D eigenvalue weighted by Gasteiger charge is 2.14. The van der Waals surface area contributed by atoms with Crippen LogP contribution in [0.4, 0.5) is 10.5 Å². The molecule has 1 amide bonds. The maximum absolute atomic E-state index is 10.3. The van der Waals surface area contributed by atoms with Gasteiger partial charge in [-0.3, -0.25) is 5.32 Å². The molecule has 0 spiro atoms. The molecule has 0 aliphatic carbocycles. The zero-order valence-electron chi connectivity index (χ0n) is 8.97. The third-order valence-electron chi connectivity index (χ3n) is 1.43. The van der Waals surface area contributed by atoms with Gasteiger partial charge in [0.2, 0.25) is 0 Å². The normalized spacial score (nSPS) is 10.9. The summed E-state index contributed by atoms with van der Waals surface area (Å²) in [5, 5.41) is 19.9. The summed E-state index contributed by atoms with van der Waals surface area (Å²) in [5.74, 6) is 0. The van der Waals surface area contributed by atoms with Gasteiger partial charge in [-0.25, -0.2) is 14.8 Å². The molecule has 0 unspecified atom stereocenters. The van der Waals surface area contributed by atoms with E-state index in [-0.39, 0.29) is 18.3 Å². The molecule has 0 bridgehead atoms. The number of aliphatic hydroxyl groups is 1. The topological polar surface area (TPSA) is 105 Å². The maximum Gasteiger partial charge on any atom is 0.409 e. The van der Waals surface area contributed by atoms with Crippen LogP contribution >= 0.6 is 0 Å². The highest BCUT2D eigenvalue weighted by atomic mass is 16.5. The number of amides is 1. The number of hydrogen-bond donors (Lipinski definition) is 3. The fraction of sp³-hybridized carbons (Fsp3) is 0.444. The van der Waals surface area contributed by atoms with Crippen molar-refractivity contribution in [2.75, 3.05) is 11.9 Å².